The molecule has 0 bridgehead atoms. The second kappa shape index (κ2) is 8.08. The van der Waals surface area contributed by atoms with E-state index >= 15 is 0 Å². The molecule has 0 amide bonds. The second-order valence-electron chi connectivity index (χ2n) is 5.28. The molecule has 2 heterocycles. The van der Waals surface area contributed by atoms with Gasteiger partial charge in [-0.1, -0.05) is 30.3 Å². The maximum absolute atomic E-state index is 4.68. The van der Waals surface area contributed by atoms with Gasteiger partial charge in [0, 0.05) is 27.7 Å². The summed E-state index contributed by atoms with van der Waals surface area (Å²) in [6, 6.07) is 14.5. The van der Waals surface area contributed by atoms with E-state index in [-0.39, 0.29) is 0 Å². The Morgan fingerprint density at radius 2 is 1.88 bits per heavy atom. The van der Waals surface area contributed by atoms with Crippen molar-refractivity contribution in [3.8, 4) is 11.3 Å². The fourth-order valence-corrected chi connectivity index (χ4v) is 3.84. The molecule has 0 saturated heterocycles. The molecule has 0 spiro atoms. The van der Waals surface area contributed by atoms with Gasteiger partial charge in [-0.2, -0.15) is 0 Å². The predicted molar refractivity (Wildman–Crippen MR) is 104 cm³/mol. The molecular weight excluding hydrogens is 336 g/mol. The first-order chi connectivity index (χ1) is 11.7. The van der Waals surface area contributed by atoms with Gasteiger partial charge in [0.25, 0.3) is 0 Å². The smallest absolute Gasteiger partial charge is 0.191 e. The minimum absolute atomic E-state index is 0.667. The van der Waals surface area contributed by atoms with Gasteiger partial charge in [0.05, 0.1) is 18.8 Å². The highest BCUT2D eigenvalue weighted by Crippen LogP contribution is 2.21. The minimum atomic E-state index is 0.667. The lowest BCUT2D eigenvalue weighted by Crippen LogP contribution is -2.36. The van der Waals surface area contributed by atoms with E-state index < -0.39 is 0 Å². The number of aliphatic imine (C=N–C) groups is 1. The molecule has 6 heteroatoms. The van der Waals surface area contributed by atoms with Crippen LogP contribution in [0.25, 0.3) is 11.3 Å². The topological polar surface area (TPSA) is 49.3 Å². The largest absolute Gasteiger partial charge is 0.352 e. The fraction of sp³-hybridized carbons (Fsp3) is 0.222. The van der Waals surface area contributed by atoms with E-state index in [4.69, 9.17) is 0 Å². The van der Waals surface area contributed by atoms with Crippen LogP contribution in [0.1, 0.15) is 14.8 Å². The quantitative estimate of drug-likeness (QED) is 0.536. The van der Waals surface area contributed by atoms with E-state index in [1.165, 1.54) is 9.75 Å². The minimum Gasteiger partial charge on any atom is -0.352 e. The third-order valence-electron chi connectivity index (χ3n) is 3.48. The van der Waals surface area contributed by atoms with Crippen LogP contribution >= 0.6 is 22.7 Å². The van der Waals surface area contributed by atoms with Gasteiger partial charge in [0.2, 0.25) is 0 Å². The molecule has 124 valence electrons. The number of aromatic nitrogens is 1. The summed E-state index contributed by atoms with van der Waals surface area (Å²) < 4.78 is 0. The molecule has 2 aromatic heterocycles. The number of rotatable bonds is 5. The number of guanidine groups is 1. The standard InChI is InChI=1S/C18H20N4S2/c1-13-8-9-15(24-13)10-20-18(19-2)21-11-17-22-16(12-23-17)14-6-4-3-5-7-14/h3-9,12H,10-11H2,1-2H3,(H2,19,20,21). The number of thiophene rings is 1. The third-order valence-corrected chi connectivity index (χ3v) is 5.33. The normalized spacial score (nSPS) is 11.5. The van der Waals surface area contributed by atoms with Gasteiger partial charge in [-0.25, -0.2) is 4.98 Å². The Hall–Kier alpha value is -2.18. The summed E-state index contributed by atoms with van der Waals surface area (Å²) in [5.41, 5.74) is 2.17. The lowest BCUT2D eigenvalue weighted by atomic mass is 10.2. The Balaban J connectivity index is 1.53. The zero-order valence-corrected chi connectivity index (χ0v) is 15.4. The van der Waals surface area contributed by atoms with Crippen molar-refractivity contribution in [2.45, 2.75) is 20.0 Å². The van der Waals surface area contributed by atoms with Gasteiger partial charge in [-0.15, -0.1) is 22.7 Å². The number of hydrogen-bond acceptors (Lipinski definition) is 4. The first-order valence-electron chi connectivity index (χ1n) is 7.74. The van der Waals surface area contributed by atoms with Crippen LogP contribution in [0.3, 0.4) is 0 Å². The average molecular weight is 357 g/mol. The van der Waals surface area contributed by atoms with Crippen LogP contribution in [0.4, 0.5) is 0 Å². The van der Waals surface area contributed by atoms with Crippen molar-refractivity contribution < 1.29 is 0 Å². The molecule has 0 saturated carbocycles. The van der Waals surface area contributed by atoms with Gasteiger partial charge >= 0.3 is 0 Å². The Morgan fingerprint density at radius 1 is 1.08 bits per heavy atom. The van der Waals surface area contributed by atoms with Crippen molar-refractivity contribution in [2.24, 2.45) is 4.99 Å². The number of aryl methyl sites for hydroxylation is 1. The highest BCUT2D eigenvalue weighted by atomic mass is 32.1. The van der Waals surface area contributed by atoms with Crippen molar-refractivity contribution in [1.82, 2.24) is 15.6 Å². The van der Waals surface area contributed by atoms with Crippen molar-refractivity contribution in [3.05, 3.63) is 62.6 Å². The van der Waals surface area contributed by atoms with Crippen LogP contribution in [0, 0.1) is 6.92 Å². The van der Waals surface area contributed by atoms with Gasteiger partial charge in [-0.05, 0) is 19.1 Å². The van der Waals surface area contributed by atoms with Crippen LogP contribution in [-0.2, 0) is 13.1 Å². The van der Waals surface area contributed by atoms with Gasteiger partial charge in [0.1, 0.15) is 5.01 Å². The molecule has 1 aromatic carbocycles. The second-order valence-corrected chi connectivity index (χ2v) is 7.60. The Bertz CT molecular complexity index is 805. The summed E-state index contributed by atoms with van der Waals surface area (Å²) in [6.07, 6.45) is 0. The maximum Gasteiger partial charge on any atom is 0.191 e. The highest BCUT2D eigenvalue weighted by Gasteiger charge is 2.05. The van der Waals surface area contributed by atoms with Gasteiger partial charge in [0.15, 0.2) is 5.96 Å². The number of nitrogens with one attached hydrogen (secondary N) is 2. The Morgan fingerprint density at radius 3 is 2.58 bits per heavy atom. The zero-order valence-electron chi connectivity index (χ0n) is 13.7. The van der Waals surface area contributed by atoms with E-state index in [0.29, 0.717) is 6.54 Å². The summed E-state index contributed by atoms with van der Waals surface area (Å²) >= 11 is 3.46. The zero-order chi connectivity index (χ0) is 16.8. The molecule has 3 aromatic rings. The van der Waals surface area contributed by atoms with Crippen molar-refractivity contribution in [1.29, 1.82) is 0 Å². The molecule has 0 aliphatic carbocycles. The lowest BCUT2D eigenvalue weighted by Gasteiger charge is -2.09. The monoisotopic (exact) mass is 356 g/mol. The van der Waals surface area contributed by atoms with Crippen LogP contribution in [0.2, 0.25) is 0 Å². The van der Waals surface area contributed by atoms with Crippen LogP contribution < -0.4 is 10.6 Å². The van der Waals surface area contributed by atoms with Gasteiger partial charge in [-0.3, -0.25) is 4.99 Å². The fourth-order valence-electron chi connectivity index (χ4n) is 2.26. The number of thiazole rings is 1. The first kappa shape index (κ1) is 16.7. The summed E-state index contributed by atoms with van der Waals surface area (Å²) in [5, 5.41) is 9.79. The van der Waals surface area contributed by atoms with Crippen LogP contribution in [0.5, 0.6) is 0 Å². The van der Waals surface area contributed by atoms with E-state index in [1.54, 1.807) is 29.7 Å². The number of hydrogen-bond donors (Lipinski definition) is 2. The lowest BCUT2D eigenvalue weighted by molar-refractivity contribution is 0.811. The van der Waals surface area contributed by atoms with Crippen LogP contribution in [0.15, 0.2) is 52.8 Å². The number of nitrogens with zero attached hydrogens (tertiary/aromatic N) is 2. The molecule has 0 atom stereocenters. The van der Waals surface area contributed by atoms with Crippen molar-refractivity contribution in [3.63, 3.8) is 0 Å². The molecule has 0 radical (unpaired) electrons. The van der Waals surface area contributed by atoms with Crippen LogP contribution in [-0.4, -0.2) is 18.0 Å². The van der Waals surface area contributed by atoms with Crippen molar-refractivity contribution in [2.75, 3.05) is 7.05 Å². The molecular formula is C18H20N4S2. The van der Waals surface area contributed by atoms with E-state index in [0.717, 1.165) is 28.8 Å². The molecule has 0 aliphatic rings. The van der Waals surface area contributed by atoms with E-state index in [2.05, 4.69) is 57.2 Å². The summed E-state index contributed by atoms with van der Waals surface area (Å²) in [5.74, 6) is 0.789. The number of benzene rings is 1. The Labute approximate surface area is 150 Å². The average Bonchev–Trinajstić information content (AvgIpc) is 3.25. The Kier molecular flexibility index (Phi) is 5.61. The summed E-state index contributed by atoms with van der Waals surface area (Å²) in [4.78, 5) is 11.6. The summed E-state index contributed by atoms with van der Waals surface area (Å²) in [7, 11) is 1.78. The van der Waals surface area contributed by atoms with Gasteiger partial charge < -0.3 is 10.6 Å². The molecule has 0 aliphatic heterocycles. The molecule has 24 heavy (non-hydrogen) atoms. The maximum atomic E-state index is 4.68. The predicted octanol–water partition coefficient (Wildman–Crippen LogP) is 4.05. The summed E-state index contributed by atoms with van der Waals surface area (Å²) in [6.45, 7) is 3.57. The SMILES string of the molecule is CN=C(NCc1ccc(C)s1)NCc1nc(-c2ccccc2)cs1. The van der Waals surface area contributed by atoms with E-state index in [1.807, 2.05) is 18.2 Å². The highest BCUT2D eigenvalue weighted by molar-refractivity contribution is 7.11. The van der Waals surface area contributed by atoms with E-state index in [9.17, 15) is 0 Å². The molecule has 4 nitrogen and oxygen atoms in total. The van der Waals surface area contributed by atoms with Crippen molar-refractivity contribution >= 4 is 28.6 Å². The molecule has 2 N–H and O–H groups in total. The first-order valence-corrected chi connectivity index (χ1v) is 9.44. The molecule has 0 unspecified atom stereocenters. The molecule has 3 rings (SSSR count). The third kappa shape index (κ3) is 4.43. The molecule has 0 fully saturated rings.